The molecule has 1 heterocycles. The van der Waals surface area contributed by atoms with Crippen LogP contribution >= 0.6 is 12.4 Å². The van der Waals surface area contributed by atoms with Gasteiger partial charge in [0.2, 0.25) is 5.75 Å². The summed E-state index contributed by atoms with van der Waals surface area (Å²) in [7, 11) is 4.82. The third-order valence-corrected chi connectivity index (χ3v) is 6.34. The first-order valence-electron chi connectivity index (χ1n) is 11.3. The average molecular weight is 505 g/mol. The van der Waals surface area contributed by atoms with Crippen LogP contribution in [0.5, 0.6) is 17.2 Å². The monoisotopic (exact) mass is 504 g/mol. The van der Waals surface area contributed by atoms with Crippen molar-refractivity contribution in [3.05, 3.63) is 89.0 Å². The Hall–Kier alpha value is -2.87. The van der Waals surface area contributed by atoms with Gasteiger partial charge in [-0.2, -0.15) is 0 Å². The molecule has 1 atom stereocenters. The summed E-state index contributed by atoms with van der Waals surface area (Å²) < 4.78 is 45.4. The zero-order valence-corrected chi connectivity index (χ0v) is 21.0. The maximum atomic E-state index is 14.8. The molecule has 3 aromatic carbocycles. The van der Waals surface area contributed by atoms with Gasteiger partial charge in [0, 0.05) is 43.9 Å². The lowest BCUT2D eigenvalue weighted by molar-refractivity contribution is 0.102. The summed E-state index contributed by atoms with van der Waals surface area (Å²) in [5.74, 6) is 0.252. The van der Waals surface area contributed by atoms with E-state index < -0.39 is 11.6 Å². The zero-order valence-electron chi connectivity index (χ0n) is 20.2. The fourth-order valence-electron chi connectivity index (χ4n) is 4.66. The SMILES string of the molecule is COc1ccc(CN2CCN(C(c3ccccc3)c3cccc(F)c3F)CC2)c(OC)c1OC.Cl. The molecular weight excluding hydrogens is 474 g/mol. The van der Waals surface area contributed by atoms with Crippen molar-refractivity contribution in [1.82, 2.24) is 9.80 Å². The second-order valence-corrected chi connectivity index (χ2v) is 8.26. The predicted octanol–water partition coefficient (Wildman–Crippen LogP) is 5.32. The van der Waals surface area contributed by atoms with Crippen molar-refractivity contribution in [3.63, 3.8) is 0 Å². The number of halogens is 3. The van der Waals surface area contributed by atoms with Crippen molar-refractivity contribution in [3.8, 4) is 17.2 Å². The van der Waals surface area contributed by atoms with E-state index in [1.165, 1.54) is 0 Å². The van der Waals surface area contributed by atoms with Crippen LogP contribution in [0.15, 0.2) is 60.7 Å². The van der Waals surface area contributed by atoms with Crippen molar-refractivity contribution in [2.75, 3.05) is 47.5 Å². The summed E-state index contributed by atoms with van der Waals surface area (Å²) in [6.07, 6.45) is 0. The Kier molecular flexibility index (Phi) is 9.32. The van der Waals surface area contributed by atoms with E-state index in [0.717, 1.165) is 30.3 Å². The summed E-state index contributed by atoms with van der Waals surface area (Å²) in [6, 6.07) is 17.7. The molecule has 8 heteroatoms. The lowest BCUT2D eigenvalue weighted by atomic mass is 9.95. The van der Waals surface area contributed by atoms with E-state index in [4.69, 9.17) is 14.2 Å². The van der Waals surface area contributed by atoms with E-state index in [0.29, 0.717) is 42.4 Å². The molecule has 0 aromatic heterocycles. The minimum absolute atomic E-state index is 0. The van der Waals surface area contributed by atoms with Crippen LogP contribution in [0.4, 0.5) is 8.78 Å². The molecule has 1 fully saturated rings. The van der Waals surface area contributed by atoms with Gasteiger partial charge < -0.3 is 14.2 Å². The Morgan fingerprint density at radius 1 is 0.771 bits per heavy atom. The van der Waals surface area contributed by atoms with Crippen molar-refractivity contribution >= 4 is 12.4 Å². The zero-order chi connectivity index (χ0) is 24.1. The molecular formula is C27H31ClF2N2O3. The molecule has 35 heavy (non-hydrogen) atoms. The minimum Gasteiger partial charge on any atom is -0.493 e. The van der Waals surface area contributed by atoms with Gasteiger partial charge in [-0.25, -0.2) is 8.78 Å². The average Bonchev–Trinajstić information content (AvgIpc) is 2.88. The van der Waals surface area contributed by atoms with Gasteiger partial charge in [0.1, 0.15) is 0 Å². The van der Waals surface area contributed by atoms with E-state index in [1.54, 1.807) is 33.5 Å². The number of methoxy groups -OCH3 is 3. The van der Waals surface area contributed by atoms with Gasteiger partial charge in [0.25, 0.3) is 0 Å². The fourth-order valence-corrected chi connectivity index (χ4v) is 4.66. The molecule has 0 aliphatic carbocycles. The maximum Gasteiger partial charge on any atom is 0.203 e. The molecule has 3 aromatic rings. The van der Waals surface area contributed by atoms with Gasteiger partial charge >= 0.3 is 0 Å². The topological polar surface area (TPSA) is 34.2 Å². The van der Waals surface area contributed by atoms with Gasteiger partial charge in [-0.3, -0.25) is 9.80 Å². The van der Waals surface area contributed by atoms with Gasteiger partial charge in [-0.1, -0.05) is 48.5 Å². The first-order valence-corrected chi connectivity index (χ1v) is 11.3. The van der Waals surface area contributed by atoms with Crippen LogP contribution in [0.1, 0.15) is 22.7 Å². The molecule has 0 spiro atoms. The molecule has 0 bridgehead atoms. The molecule has 1 aliphatic rings. The van der Waals surface area contributed by atoms with Gasteiger partial charge in [-0.05, 0) is 17.7 Å². The summed E-state index contributed by atoms with van der Waals surface area (Å²) in [4.78, 5) is 4.54. The van der Waals surface area contributed by atoms with Crippen LogP contribution in [-0.4, -0.2) is 57.3 Å². The van der Waals surface area contributed by atoms with E-state index in [1.807, 2.05) is 42.5 Å². The molecule has 0 radical (unpaired) electrons. The number of rotatable bonds is 8. The fraction of sp³-hybridized carbons (Fsp3) is 0.333. The summed E-state index contributed by atoms with van der Waals surface area (Å²) in [5, 5.41) is 0. The number of hydrogen-bond acceptors (Lipinski definition) is 5. The van der Waals surface area contributed by atoms with E-state index in [-0.39, 0.29) is 18.4 Å². The Bertz CT molecular complexity index is 1110. The largest absolute Gasteiger partial charge is 0.493 e. The highest BCUT2D eigenvalue weighted by Crippen LogP contribution is 2.40. The Balaban J connectivity index is 0.00000342. The van der Waals surface area contributed by atoms with Gasteiger partial charge in [0.15, 0.2) is 23.1 Å². The highest BCUT2D eigenvalue weighted by atomic mass is 35.5. The van der Waals surface area contributed by atoms with Crippen LogP contribution in [0, 0.1) is 11.6 Å². The number of benzene rings is 3. The molecule has 5 nitrogen and oxygen atoms in total. The molecule has 0 amide bonds. The third kappa shape index (κ3) is 5.69. The van der Waals surface area contributed by atoms with Gasteiger partial charge in [0.05, 0.1) is 27.4 Å². The van der Waals surface area contributed by atoms with Crippen LogP contribution in [0.25, 0.3) is 0 Å². The maximum absolute atomic E-state index is 14.8. The molecule has 0 N–H and O–H groups in total. The smallest absolute Gasteiger partial charge is 0.203 e. The van der Waals surface area contributed by atoms with E-state index in [2.05, 4.69) is 9.80 Å². The van der Waals surface area contributed by atoms with E-state index >= 15 is 0 Å². The first kappa shape index (κ1) is 26.7. The standard InChI is InChI=1S/C27H30F2N2O3.ClH/c1-32-23-13-12-20(26(33-2)27(23)34-3)18-30-14-16-31(17-15-30)25(19-8-5-4-6-9-19)21-10-7-11-22(28)24(21)29;/h4-13,25H,14-18H2,1-3H3;1H. The number of nitrogens with zero attached hydrogens (tertiary/aromatic N) is 2. The summed E-state index contributed by atoms with van der Waals surface area (Å²) in [5.41, 5.74) is 2.31. The summed E-state index contributed by atoms with van der Waals surface area (Å²) >= 11 is 0. The third-order valence-electron chi connectivity index (χ3n) is 6.34. The van der Waals surface area contributed by atoms with Crippen molar-refractivity contribution in [2.24, 2.45) is 0 Å². The molecule has 1 aliphatic heterocycles. The lowest BCUT2D eigenvalue weighted by Gasteiger charge is -2.40. The quantitative estimate of drug-likeness (QED) is 0.415. The normalized spacial score (nSPS) is 15.2. The van der Waals surface area contributed by atoms with Crippen molar-refractivity contribution < 1.29 is 23.0 Å². The summed E-state index contributed by atoms with van der Waals surface area (Å²) in [6.45, 7) is 3.66. The number of piperazine rings is 1. The Morgan fingerprint density at radius 2 is 1.46 bits per heavy atom. The highest BCUT2D eigenvalue weighted by molar-refractivity contribution is 5.85. The number of ether oxygens (including phenoxy) is 3. The molecule has 1 unspecified atom stereocenters. The second kappa shape index (κ2) is 12.2. The molecule has 1 saturated heterocycles. The van der Waals surface area contributed by atoms with Crippen LogP contribution in [-0.2, 0) is 6.54 Å². The van der Waals surface area contributed by atoms with Gasteiger partial charge in [-0.15, -0.1) is 12.4 Å². The van der Waals surface area contributed by atoms with Crippen LogP contribution < -0.4 is 14.2 Å². The highest BCUT2D eigenvalue weighted by Gasteiger charge is 2.29. The number of hydrogen-bond donors (Lipinski definition) is 0. The molecule has 0 saturated carbocycles. The Labute approximate surface area is 211 Å². The van der Waals surface area contributed by atoms with Crippen molar-refractivity contribution in [2.45, 2.75) is 12.6 Å². The molecule has 4 rings (SSSR count). The molecule has 188 valence electrons. The van der Waals surface area contributed by atoms with Crippen LogP contribution in [0.3, 0.4) is 0 Å². The first-order chi connectivity index (χ1) is 16.6. The second-order valence-electron chi connectivity index (χ2n) is 8.26. The van der Waals surface area contributed by atoms with E-state index in [9.17, 15) is 8.78 Å². The predicted molar refractivity (Wildman–Crippen MR) is 135 cm³/mol. The Morgan fingerprint density at radius 3 is 2.09 bits per heavy atom. The van der Waals surface area contributed by atoms with Crippen molar-refractivity contribution in [1.29, 1.82) is 0 Å². The van der Waals surface area contributed by atoms with Crippen LogP contribution in [0.2, 0.25) is 0 Å². The minimum atomic E-state index is -0.822. The lowest BCUT2D eigenvalue weighted by Crippen LogP contribution is -2.47.